The first-order valence-electron chi connectivity index (χ1n) is 5.80. The number of imidazole rings is 1. The van der Waals surface area contributed by atoms with Gasteiger partial charge < -0.3 is 4.98 Å². The van der Waals surface area contributed by atoms with Gasteiger partial charge in [0.05, 0.1) is 0 Å². The molecule has 2 nitrogen and oxygen atoms in total. The molecular formula is C15H14N2. The van der Waals surface area contributed by atoms with Gasteiger partial charge in [-0.05, 0) is 28.8 Å². The van der Waals surface area contributed by atoms with Gasteiger partial charge in [-0.25, -0.2) is 4.98 Å². The van der Waals surface area contributed by atoms with E-state index in [0.717, 1.165) is 12.2 Å². The zero-order chi connectivity index (χ0) is 11.7. The highest BCUT2D eigenvalue weighted by molar-refractivity contribution is 5.86. The molecule has 3 rings (SSSR count). The fourth-order valence-electron chi connectivity index (χ4n) is 2.24. The first kappa shape index (κ1) is 10.1. The van der Waals surface area contributed by atoms with Crippen LogP contribution in [0.25, 0.3) is 10.8 Å². The summed E-state index contributed by atoms with van der Waals surface area (Å²) in [7, 11) is 0. The number of rotatable bonds is 2. The van der Waals surface area contributed by atoms with E-state index in [1.165, 1.54) is 21.9 Å². The monoisotopic (exact) mass is 222 g/mol. The average molecular weight is 222 g/mol. The van der Waals surface area contributed by atoms with Crippen molar-refractivity contribution in [2.24, 2.45) is 0 Å². The van der Waals surface area contributed by atoms with E-state index in [1.54, 1.807) is 6.20 Å². The third-order valence-electron chi connectivity index (χ3n) is 3.17. The van der Waals surface area contributed by atoms with Crippen molar-refractivity contribution in [1.82, 2.24) is 9.97 Å². The fourth-order valence-corrected chi connectivity index (χ4v) is 2.24. The summed E-state index contributed by atoms with van der Waals surface area (Å²) in [6, 6.07) is 12.9. The number of fused-ring (bicyclic) bond motifs is 1. The summed E-state index contributed by atoms with van der Waals surface area (Å²) >= 11 is 0. The molecule has 2 aromatic carbocycles. The van der Waals surface area contributed by atoms with Crippen molar-refractivity contribution >= 4 is 10.8 Å². The second kappa shape index (κ2) is 4.06. The third-order valence-corrected chi connectivity index (χ3v) is 3.17. The van der Waals surface area contributed by atoms with Crippen LogP contribution in [0.5, 0.6) is 0 Å². The van der Waals surface area contributed by atoms with Gasteiger partial charge in [0, 0.05) is 18.8 Å². The van der Waals surface area contributed by atoms with Crippen LogP contribution in [-0.4, -0.2) is 9.97 Å². The highest BCUT2D eigenvalue weighted by Crippen LogP contribution is 2.23. The van der Waals surface area contributed by atoms with E-state index in [2.05, 4.69) is 53.3 Å². The van der Waals surface area contributed by atoms with Gasteiger partial charge >= 0.3 is 0 Å². The number of hydrogen-bond acceptors (Lipinski definition) is 1. The third kappa shape index (κ3) is 1.82. The van der Waals surface area contributed by atoms with E-state index < -0.39 is 0 Å². The van der Waals surface area contributed by atoms with Crippen LogP contribution >= 0.6 is 0 Å². The molecule has 3 aromatic rings. The van der Waals surface area contributed by atoms with E-state index >= 15 is 0 Å². The van der Waals surface area contributed by atoms with E-state index in [0.29, 0.717) is 0 Å². The summed E-state index contributed by atoms with van der Waals surface area (Å²) in [5.74, 6) is 1.02. The summed E-state index contributed by atoms with van der Waals surface area (Å²) in [5.41, 5.74) is 2.68. The predicted molar refractivity (Wildman–Crippen MR) is 70.1 cm³/mol. The zero-order valence-electron chi connectivity index (χ0n) is 9.77. The van der Waals surface area contributed by atoms with E-state index in [1.807, 2.05) is 6.20 Å². The molecule has 1 heterocycles. The number of nitrogens with one attached hydrogen (secondary N) is 1. The molecule has 0 atom stereocenters. The number of aryl methyl sites for hydroxylation is 1. The lowest BCUT2D eigenvalue weighted by atomic mass is 9.97. The van der Waals surface area contributed by atoms with E-state index in [4.69, 9.17) is 0 Å². The van der Waals surface area contributed by atoms with Gasteiger partial charge in [-0.1, -0.05) is 36.4 Å². The Morgan fingerprint density at radius 3 is 2.82 bits per heavy atom. The van der Waals surface area contributed by atoms with Crippen LogP contribution in [0.15, 0.2) is 48.8 Å². The second-order valence-electron chi connectivity index (χ2n) is 4.29. The summed E-state index contributed by atoms with van der Waals surface area (Å²) in [5, 5.41) is 2.61. The average Bonchev–Trinajstić information content (AvgIpc) is 2.86. The summed E-state index contributed by atoms with van der Waals surface area (Å²) < 4.78 is 0. The molecular weight excluding hydrogens is 208 g/mol. The Morgan fingerprint density at radius 1 is 1.12 bits per heavy atom. The molecule has 1 N–H and O–H groups in total. The van der Waals surface area contributed by atoms with Crippen LogP contribution < -0.4 is 0 Å². The van der Waals surface area contributed by atoms with Crippen molar-refractivity contribution < 1.29 is 0 Å². The molecule has 0 amide bonds. The van der Waals surface area contributed by atoms with Crippen molar-refractivity contribution in [1.29, 1.82) is 0 Å². The maximum atomic E-state index is 4.30. The minimum absolute atomic E-state index is 0.861. The number of H-pyrrole nitrogens is 1. The zero-order valence-corrected chi connectivity index (χ0v) is 9.77. The SMILES string of the molecule is Cc1ccc2ccccc2c1Cc1ncc[nH]1. The van der Waals surface area contributed by atoms with Gasteiger partial charge in [0.1, 0.15) is 5.82 Å². The fraction of sp³-hybridized carbons (Fsp3) is 0.133. The van der Waals surface area contributed by atoms with Crippen molar-refractivity contribution in [3.8, 4) is 0 Å². The van der Waals surface area contributed by atoms with Crippen LogP contribution in [0.1, 0.15) is 17.0 Å². The van der Waals surface area contributed by atoms with E-state index in [9.17, 15) is 0 Å². The Kier molecular flexibility index (Phi) is 2.41. The Hall–Kier alpha value is -2.09. The molecule has 0 saturated heterocycles. The van der Waals surface area contributed by atoms with E-state index in [-0.39, 0.29) is 0 Å². The predicted octanol–water partition coefficient (Wildman–Crippen LogP) is 3.46. The highest BCUT2D eigenvalue weighted by Gasteiger charge is 2.06. The molecule has 17 heavy (non-hydrogen) atoms. The van der Waals surface area contributed by atoms with Crippen LogP contribution in [0.2, 0.25) is 0 Å². The number of hydrogen-bond donors (Lipinski definition) is 1. The lowest BCUT2D eigenvalue weighted by Crippen LogP contribution is -1.95. The lowest BCUT2D eigenvalue weighted by Gasteiger charge is -2.09. The number of nitrogens with zero attached hydrogens (tertiary/aromatic N) is 1. The molecule has 0 aliphatic carbocycles. The van der Waals surface area contributed by atoms with Crippen LogP contribution in [0.3, 0.4) is 0 Å². The van der Waals surface area contributed by atoms with Crippen LogP contribution in [0.4, 0.5) is 0 Å². The Bertz CT molecular complexity index is 639. The standard InChI is InChI=1S/C15H14N2/c1-11-6-7-12-4-2-3-5-13(12)14(11)10-15-16-8-9-17-15/h2-9H,10H2,1H3,(H,16,17). The maximum Gasteiger partial charge on any atom is 0.110 e. The van der Waals surface area contributed by atoms with Crippen molar-refractivity contribution in [2.75, 3.05) is 0 Å². The molecule has 0 aliphatic rings. The maximum absolute atomic E-state index is 4.30. The smallest absolute Gasteiger partial charge is 0.110 e. The largest absolute Gasteiger partial charge is 0.348 e. The van der Waals surface area contributed by atoms with Gasteiger partial charge in [0.2, 0.25) is 0 Å². The summed E-state index contributed by atoms with van der Waals surface area (Å²) in [6.07, 6.45) is 4.53. The van der Waals surface area contributed by atoms with Crippen molar-refractivity contribution in [3.05, 3.63) is 65.7 Å². The van der Waals surface area contributed by atoms with Crippen LogP contribution in [0, 0.1) is 6.92 Å². The quantitative estimate of drug-likeness (QED) is 0.706. The normalized spacial score (nSPS) is 10.9. The Labute approximate surface area is 100 Å². The minimum atomic E-state index is 0.861. The molecule has 0 fully saturated rings. The molecule has 0 radical (unpaired) electrons. The molecule has 1 aromatic heterocycles. The van der Waals surface area contributed by atoms with Gasteiger partial charge in [-0.3, -0.25) is 0 Å². The minimum Gasteiger partial charge on any atom is -0.348 e. The number of benzene rings is 2. The van der Waals surface area contributed by atoms with Crippen molar-refractivity contribution in [2.45, 2.75) is 13.3 Å². The first-order chi connectivity index (χ1) is 8.34. The molecule has 0 unspecified atom stereocenters. The second-order valence-corrected chi connectivity index (χ2v) is 4.29. The molecule has 0 saturated carbocycles. The summed E-state index contributed by atoms with van der Waals surface area (Å²) in [6.45, 7) is 2.16. The Balaban J connectivity index is 2.17. The van der Waals surface area contributed by atoms with Gasteiger partial charge in [-0.15, -0.1) is 0 Å². The van der Waals surface area contributed by atoms with Gasteiger partial charge in [0.25, 0.3) is 0 Å². The molecule has 0 spiro atoms. The number of aromatic amines is 1. The molecule has 0 aliphatic heterocycles. The lowest BCUT2D eigenvalue weighted by molar-refractivity contribution is 1.02. The number of aromatic nitrogens is 2. The molecule has 84 valence electrons. The molecule has 2 heteroatoms. The Morgan fingerprint density at radius 2 is 2.00 bits per heavy atom. The molecule has 0 bridgehead atoms. The topological polar surface area (TPSA) is 28.7 Å². The van der Waals surface area contributed by atoms with Gasteiger partial charge in [0.15, 0.2) is 0 Å². The first-order valence-corrected chi connectivity index (χ1v) is 5.80. The van der Waals surface area contributed by atoms with Gasteiger partial charge in [-0.2, -0.15) is 0 Å². The summed E-state index contributed by atoms with van der Waals surface area (Å²) in [4.78, 5) is 7.47. The highest BCUT2D eigenvalue weighted by atomic mass is 14.9. The van der Waals surface area contributed by atoms with Crippen LogP contribution in [-0.2, 0) is 6.42 Å². The van der Waals surface area contributed by atoms with Crippen molar-refractivity contribution in [3.63, 3.8) is 0 Å².